The molecule has 0 spiro atoms. The Balaban J connectivity index is 2.26. The molecule has 1 aromatic rings. The molecular formula is C15H24N2O2S. The zero-order chi connectivity index (χ0) is 14.8. The van der Waals surface area contributed by atoms with Crippen LogP contribution >= 0.6 is 12.2 Å². The molecule has 0 saturated heterocycles. The Morgan fingerprint density at radius 3 is 2.85 bits per heavy atom. The number of hydrogen-bond acceptors (Lipinski definition) is 3. The van der Waals surface area contributed by atoms with Gasteiger partial charge in [0.05, 0.1) is 12.7 Å². The second-order valence-electron chi connectivity index (χ2n) is 4.61. The molecule has 0 atom stereocenters. The molecule has 0 amide bonds. The van der Waals surface area contributed by atoms with E-state index in [1.165, 1.54) is 0 Å². The fourth-order valence-electron chi connectivity index (χ4n) is 1.60. The lowest BCUT2D eigenvalue weighted by atomic mass is 10.3. The van der Waals surface area contributed by atoms with Gasteiger partial charge in [0.2, 0.25) is 0 Å². The molecule has 1 aromatic carbocycles. The van der Waals surface area contributed by atoms with E-state index in [0.29, 0.717) is 11.7 Å². The molecular weight excluding hydrogens is 272 g/mol. The van der Waals surface area contributed by atoms with E-state index < -0.39 is 0 Å². The molecule has 0 aliphatic rings. The Morgan fingerprint density at radius 2 is 2.15 bits per heavy atom. The van der Waals surface area contributed by atoms with Crippen LogP contribution in [-0.4, -0.2) is 31.0 Å². The summed E-state index contributed by atoms with van der Waals surface area (Å²) in [6.07, 6.45) is 1.21. The predicted molar refractivity (Wildman–Crippen MR) is 87.5 cm³/mol. The molecule has 1 rings (SSSR count). The lowest BCUT2D eigenvalue weighted by Gasteiger charge is -2.12. The highest BCUT2D eigenvalue weighted by molar-refractivity contribution is 7.80. The largest absolute Gasteiger partial charge is 0.494 e. The van der Waals surface area contributed by atoms with Crippen molar-refractivity contribution in [3.8, 4) is 5.75 Å². The molecule has 0 fully saturated rings. The van der Waals surface area contributed by atoms with Gasteiger partial charge in [0.15, 0.2) is 5.11 Å². The molecule has 0 aliphatic heterocycles. The number of nitrogens with one attached hydrogen (secondary N) is 2. The minimum atomic E-state index is 0.279. The first-order chi connectivity index (χ1) is 9.61. The fraction of sp³-hybridized carbons (Fsp3) is 0.533. The Kier molecular flexibility index (Phi) is 7.99. The molecule has 0 heterocycles. The van der Waals surface area contributed by atoms with Gasteiger partial charge in [-0.05, 0) is 51.5 Å². The van der Waals surface area contributed by atoms with Crippen LogP contribution in [0.15, 0.2) is 24.3 Å². The third-order valence-electron chi connectivity index (χ3n) is 2.46. The minimum Gasteiger partial charge on any atom is -0.494 e. The standard InChI is InChI=1S/C15H24N2O2S/c1-4-18-14-8-5-7-13(11-14)17-15(20)16-9-6-10-19-12(2)3/h5,7-8,11-12H,4,6,9-10H2,1-3H3,(H2,16,17,20). The smallest absolute Gasteiger partial charge is 0.170 e. The number of hydrogen-bond donors (Lipinski definition) is 2. The SMILES string of the molecule is CCOc1cccc(NC(=S)NCCCOC(C)C)c1. The molecule has 20 heavy (non-hydrogen) atoms. The average Bonchev–Trinajstić information content (AvgIpc) is 2.38. The highest BCUT2D eigenvalue weighted by Gasteiger charge is 2.00. The summed E-state index contributed by atoms with van der Waals surface area (Å²) in [6.45, 7) is 8.22. The first kappa shape index (κ1) is 16.7. The van der Waals surface area contributed by atoms with Crippen LogP contribution < -0.4 is 15.4 Å². The van der Waals surface area contributed by atoms with Crippen LogP contribution in [0.1, 0.15) is 27.2 Å². The first-order valence-electron chi connectivity index (χ1n) is 7.01. The van der Waals surface area contributed by atoms with Crippen molar-refractivity contribution < 1.29 is 9.47 Å². The van der Waals surface area contributed by atoms with E-state index in [4.69, 9.17) is 21.7 Å². The molecule has 0 radical (unpaired) electrons. The predicted octanol–water partition coefficient (Wildman–Crippen LogP) is 3.19. The number of rotatable bonds is 8. The molecule has 0 unspecified atom stereocenters. The number of thiocarbonyl (C=S) groups is 1. The molecule has 112 valence electrons. The average molecular weight is 296 g/mol. The van der Waals surface area contributed by atoms with Crippen molar-refractivity contribution in [1.82, 2.24) is 5.32 Å². The van der Waals surface area contributed by atoms with Gasteiger partial charge >= 0.3 is 0 Å². The van der Waals surface area contributed by atoms with Gasteiger partial charge < -0.3 is 20.1 Å². The lowest BCUT2D eigenvalue weighted by molar-refractivity contribution is 0.0777. The van der Waals surface area contributed by atoms with Crippen molar-refractivity contribution in [1.29, 1.82) is 0 Å². The summed E-state index contributed by atoms with van der Waals surface area (Å²) in [4.78, 5) is 0. The van der Waals surface area contributed by atoms with Gasteiger partial charge in [-0.25, -0.2) is 0 Å². The number of anilines is 1. The van der Waals surface area contributed by atoms with Crippen LogP contribution in [0.5, 0.6) is 5.75 Å². The van der Waals surface area contributed by atoms with Gasteiger partial charge in [0, 0.05) is 24.9 Å². The van der Waals surface area contributed by atoms with E-state index in [2.05, 4.69) is 10.6 Å². The van der Waals surface area contributed by atoms with Crippen LogP contribution in [0.2, 0.25) is 0 Å². The molecule has 0 aromatic heterocycles. The lowest BCUT2D eigenvalue weighted by Crippen LogP contribution is -2.29. The maximum absolute atomic E-state index is 5.46. The summed E-state index contributed by atoms with van der Waals surface area (Å²) in [6, 6.07) is 7.75. The quantitative estimate of drug-likeness (QED) is 0.570. The van der Waals surface area contributed by atoms with E-state index in [1.807, 2.05) is 45.0 Å². The van der Waals surface area contributed by atoms with Crippen LogP contribution in [0, 0.1) is 0 Å². The number of ether oxygens (including phenoxy) is 2. The minimum absolute atomic E-state index is 0.279. The second kappa shape index (κ2) is 9.55. The topological polar surface area (TPSA) is 42.5 Å². The highest BCUT2D eigenvalue weighted by atomic mass is 32.1. The highest BCUT2D eigenvalue weighted by Crippen LogP contribution is 2.17. The normalized spacial score (nSPS) is 10.4. The first-order valence-corrected chi connectivity index (χ1v) is 7.42. The van der Waals surface area contributed by atoms with Gasteiger partial charge in [-0.1, -0.05) is 6.07 Å². The van der Waals surface area contributed by atoms with Crippen LogP contribution in [0.3, 0.4) is 0 Å². The van der Waals surface area contributed by atoms with E-state index >= 15 is 0 Å². The molecule has 0 aliphatic carbocycles. The van der Waals surface area contributed by atoms with Gasteiger partial charge in [0.25, 0.3) is 0 Å². The maximum Gasteiger partial charge on any atom is 0.170 e. The fourth-order valence-corrected chi connectivity index (χ4v) is 1.82. The second-order valence-corrected chi connectivity index (χ2v) is 5.02. The maximum atomic E-state index is 5.46. The van der Waals surface area contributed by atoms with Crippen LogP contribution in [0.4, 0.5) is 5.69 Å². The van der Waals surface area contributed by atoms with Gasteiger partial charge in [-0.2, -0.15) is 0 Å². The summed E-state index contributed by atoms with van der Waals surface area (Å²) >= 11 is 5.24. The van der Waals surface area contributed by atoms with E-state index in [0.717, 1.165) is 31.0 Å². The van der Waals surface area contributed by atoms with E-state index in [1.54, 1.807) is 0 Å². The van der Waals surface area contributed by atoms with Crippen molar-refractivity contribution >= 4 is 23.0 Å². The Morgan fingerprint density at radius 1 is 1.35 bits per heavy atom. The Bertz CT molecular complexity index is 411. The van der Waals surface area contributed by atoms with Crippen molar-refractivity contribution in [2.75, 3.05) is 25.1 Å². The number of benzene rings is 1. The van der Waals surface area contributed by atoms with E-state index in [-0.39, 0.29) is 6.10 Å². The Hall–Kier alpha value is -1.33. The Labute approximate surface area is 126 Å². The van der Waals surface area contributed by atoms with Gasteiger partial charge in [-0.15, -0.1) is 0 Å². The molecule has 0 saturated carbocycles. The summed E-state index contributed by atoms with van der Waals surface area (Å²) < 4.78 is 10.9. The zero-order valence-corrected chi connectivity index (χ0v) is 13.3. The van der Waals surface area contributed by atoms with Crippen molar-refractivity contribution in [2.24, 2.45) is 0 Å². The van der Waals surface area contributed by atoms with Crippen molar-refractivity contribution in [3.05, 3.63) is 24.3 Å². The van der Waals surface area contributed by atoms with Crippen LogP contribution in [-0.2, 0) is 4.74 Å². The summed E-state index contributed by atoms with van der Waals surface area (Å²) in [5.74, 6) is 0.839. The molecule has 2 N–H and O–H groups in total. The van der Waals surface area contributed by atoms with Crippen LogP contribution in [0.25, 0.3) is 0 Å². The van der Waals surface area contributed by atoms with Gasteiger partial charge in [-0.3, -0.25) is 0 Å². The third kappa shape index (κ3) is 7.31. The van der Waals surface area contributed by atoms with Crippen molar-refractivity contribution in [3.63, 3.8) is 0 Å². The molecule has 0 bridgehead atoms. The van der Waals surface area contributed by atoms with Gasteiger partial charge in [0.1, 0.15) is 5.75 Å². The van der Waals surface area contributed by atoms with E-state index in [9.17, 15) is 0 Å². The molecule has 4 nitrogen and oxygen atoms in total. The summed E-state index contributed by atoms with van der Waals surface area (Å²) in [7, 11) is 0. The molecule has 5 heteroatoms. The summed E-state index contributed by atoms with van der Waals surface area (Å²) in [5, 5.41) is 6.91. The van der Waals surface area contributed by atoms with Crippen molar-refractivity contribution in [2.45, 2.75) is 33.3 Å². The zero-order valence-electron chi connectivity index (χ0n) is 12.4. The summed E-state index contributed by atoms with van der Waals surface area (Å²) in [5.41, 5.74) is 0.923. The third-order valence-corrected chi connectivity index (χ3v) is 2.71. The monoisotopic (exact) mass is 296 g/mol.